The molecule has 1 atom stereocenters. The van der Waals surface area contributed by atoms with Gasteiger partial charge in [-0.15, -0.1) is 0 Å². The van der Waals surface area contributed by atoms with Gasteiger partial charge in [-0.2, -0.15) is 4.98 Å². The Morgan fingerprint density at radius 1 is 1.34 bits per heavy atom. The highest BCUT2D eigenvalue weighted by atomic mass is 35.5. The van der Waals surface area contributed by atoms with E-state index in [2.05, 4.69) is 25.4 Å². The van der Waals surface area contributed by atoms with Crippen molar-refractivity contribution in [3.05, 3.63) is 51.6 Å². The van der Waals surface area contributed by atoms with Gasteiger partial charge in [-0.1, -0.05) is 22.8 Å². The van der Waals surface area contributed by atoms with Crippen LogP contribution in [0.25, 0.3) is 22.4 Å². The number of rotatable bonds is 6. The van der Waals surface area contributed by atoms with Gasteiger partial charge in [-0.3, -0.25) is 9.36 Å². The molecule has 1 unspecified atom stereocenters. The van der Waals surface area contributed by atoms with Crippen molar-refractivity contribution in [2.24, 2.45) is 0 Å². The second kappa shape index (κ2) is 8.56. The molecule has 0 saturated heterocycles. The number of benzene rings is 1. The topological polar surface area (TPSA) is 178 Å². The van der Waals surface area contributed by atoms with Crippen LogP contribution < -0.4 is 16.6 Å². The third-order valence-corrected chi connectivity index (χ3v) is 6.47. The third-order valence-electron chi connectivity index (χ3n) is 6.16. The fourth-order valence-electron chi connectivity index (χ4n) is 4.39. The molecule has 182 valence electrons. The van der Waals surface area contributed by atoms with Gasteiger partial charge in [0, 0.05) is 6.04 Å². The number of nitrogens with two attached hydrogens (primary N) is 1. The first-order chi connectivity index (χ1) is 16.7. The van der Waals surface area contributed by atoms with Gasteiger partial charge < -0.3 is 25.8 Å². The van der Waals surface area contributed by atoms with Crippen molar-refractivity contribution < 1.29 is 14.7 Å². The van der Waals surface area contributed by atoms with Crippen LogP contribution in [0.15, 0.2) is 33.8 Å². The fourth-order valence-corrected chi connectivity index (χ4v) is 4.64. The van der Waals surface area contributed by atoms with Gasteiger partial charge in [0.15, 0.2) is 5.82 Å². The summed E-state index contributed by atoms with van der Waals surface area (Å²) in [6.45, 7) is 3.10. The van der Waals surface area contributed by atoms with Crippen molar-refractivity contribution in [2.45, 2.75) is 44.4 Å². The molecule has 1 aliphatic carbocycles. The van der Waals surface area contributed by atoms with E-state index < -0.39 is 18.2 Å². The zero-order valence-corrected chi connectivity index (χ0v) is 19.7. The number of nitrogens with zero attached hydrogens (tertiary/aromatic N) is 6. The molecule has 1 fully saturated rings. The van der Waals surface area contributed by atoms with Crippen LogP contribution in [0.5, 0.6) is 0 Å². The average molecular weight is 499 g/mol. The van der Waals surface area contributed by atoms with Crippen LogP contribution in [-0.2, 0) is 0 Å². The second-order valence-corrected chi connectivity index (χ2v) is 9.13. The van der Waals surface area contributed by atoms with E-state index in [-0.39, 0.29) is 46.6 Å². The van der Waals surface area contributed by atoms with Crippen LogP contribution in [0.4, 0.5) is 11.6 Å². The zero-order chi connectivity index (χ0) is 24.9. The van der Waals surface area contributed by atoms with Gasteiger partial charge in [0.1, 0.15) is 29.4 Å². The van der Waals surface area contributed by atoms with E-state index in [1.165, 1.54) is 10.9 Å². The lowest BCUT2D eigenvalue weighted by Gasteiger charge is -2.44. The van der Waals surface area contributed by atoms with Crippen LogP contribution >= 0.6 is 11.6 Å². The Bertz CT molecular complexity index is 1480. The van der Waals surface area contributed by atoms with Gasteiger partial charge in [0.25, 0.3) is 11.4 Å². The van der Waals surface area contributed by atoms with E-state index in [0.717, 1.165) is 0 Å². The minimum atomic E-state index is -1.24. The molecule has 35 heavy (non-hydrogen) atoms. The van der Waals surface area contributed by atoms with Crippen LogP contribution in [0.1, 0.15) is 43.5 Å². The standard InChI is InChI=1S/C22H23ClN8O4/c1-10(27-18-16(17(24)25-9-26-18)20-28-11(2)30-35-20)19-29-14-5-3-4-13(23)15(14)21(33)31(19)12-6-22(34,7-12)8-32/h3-5,9-10,12,32,34H,6-8H2,1-2H3,(H3,24,25,26,27). The number of anilines is 2. The maximum atomic E-state index is 13.6. The normalized spacial score (nSPS) is 20.5. The molecule has 4 aromatic rings. The summed E-state index contributed by atoms with van der Waals surface area (Å²) < 4.78 is 6.80. The molecule has 0 spiro atoms. The molecule has 3 aromatic heterocycles. The van der Waals surface area contributed by atoms with Crippen molar-refractivity contribution in [2.75, 3.05) is 17.7 Å². The van der Waals surface area contributed by atoms with Crippen molar-refractivity contribution in [3.63, 3.8) is 0 Å². The summed E-state index contributed by atoms with van der Waals surface area (Å²) in [5.41, 5.74) is 5.29. The molecule has 12 nitrogen and oxygen atoms in total. The lowest BCUT2D eigenvalue weighted by atomic mass is 9.76. The molecule has 3 heterocycles. The van der Waals surface area contributed by atoms with Crippen molar-refractivity contribution in [1.82, 2.24) is 29.7 Å². The van der Waals surface area contributed by atoms with Gasteiger partial charge >= 0.3 is 0 Å². The molecule has 1 aromatic carbocycles. The van der Waals surface area contributed by atoms with Gasteiger partial charge in [-0.25, -0.2) is 15.0 Å². The Morgan fingerprint density at radius 2 is 2.11 bits per heavy atom. The van der Waals surface area contributed by atoms with Crippen molar-refractivity contribution in [1.29, 1.82) is 0 Å². The Kier molecular flexibility index (Phi) is 5.66. The molecule has 0 bridgehead atoms. The van der Waals surface area contributed by atoms with Gasteiger partial charge in [0.2, 0.25) is 0 Å². The molecule has 13 heteroatoms. The molecule has 0 aliphatic heterocycles. The molecule has 1 saturated carbocycles. The number of nitrogens with one attached hydrogen (secondary N) is 1. The minimum absolute atomic E-state index is 0.140. The Labute approximate surface area is 203 Å². The SMILES string of the molecule is Cc1noc(-c2c(N)ncnc2NC(C)c2nc3cccc(Cl)c3c(=O)n2C2CC(O)(CO)C2)n1. The number of aliphatic hydroxyl groups excluding tert-OH is 1. The Hall–Kier alpha value is -3.61. The molecular formula is C22H23ClN8O4. The lowest BCUT2D eigenvalue weighted by molar-refractivity contribution is -0.103. The molecule has 0 amide bonds. The minimum Gasteiger partial charge on any atom is -0.393 e. The number of fused-ring (bicyclic) bond motifs is 1. The van der Waals surface area contributed by atoms with E-state index >= 15 is 0 Å². The maximum absolute atomic E-state index is 13.6. The number of aryl methyl sites for hydroxylation is 1. The van der Waals surface area contributed by atoms with Gasteiger partial charge in [0.05, 0.1) is 34.2 Å². The van der Waals surface area contributed by atoms with E-state index in [4.69, 9.17) is 26.8 Å². The predicted molar refractivity (Wildman–Crippen MR) is 128 cm³/mol. The summed E-state index contributed by atoms with van der Waals surface area (Å²) in [5.74, 6) is 1.44. The summed E-state index contributed by atoms with van der Waals surface area (Å²) >= 11 is 6.34. The number of aromatic nitrogens is 6. The van der Waals surface area contributed by atoms with E-state index in [9.17, 15) is 15.0 Å². The molecular weight excluding hydrogens is 476 g/mol. The number of hydrogen-bond donors (Lipinski definition) is 4. The second-order valence-electron chi connectivity index (χ2n) is 8.72. The van der Waals surface area contributed by atoms with E-state index in [1.54, 1.807) is 25.1 Å². The Balaban J connectivity index is 1.61. The third kappa shape index (κ3) is 3.99. The number of hydrogen-bond acceptors (Lipinski definition) is 11. The highest BCUT2D eigenvalue weighted by molar-refractivity contribution is 6.35. The maximum Gasteiger partial charge on any atom is 0.265 e. The van der Waals surface area contributed by atoms with E-state index in [1.807, 2.05) is 6.92 Å². The first-order valence-corrected chi connectivity index (χ1v) is 11.3. The largest absolute Gasteiger partial charge is 0.393 e. The zero-order valence-electron chi connectivity index (χ0n) is 18.9. The van der Waals surface area contributed by atoms with E-state index in [0.29, 0.717) is 28.5 Å². The molecule has 5 rings (SSSR count). The predicted octanol–water partition coefficient (Wildman–Crippen LogP) is 2.01. The number of halogens is 1. The molecule has 5 N–H and O–H groups in total. The average Bonchev–Trinajstić information content (AvgIpc) is 3.22. The quantitative estimate of drug-likeness (QED) is 0.305. The number of nitrogen functional groups attached to an aromatic ring is 1. The Morgan fingerprint density at radius 3 is 2.80 bits per heavy atom. The van der Waals surface area contributed by atoms with Crippen LogP contribution in [0, 0.1) is 6.92 Å². The first kappa shape index (κ1) is 23.1. The summed E-state index contributed by atoms with van der Waals surface area (Å²) in [7, 11) is 0. The highest BCUT2D eigenvalue weighted by Crippen LogP contribution is 2.42. The fraction of sp³-hybridized carbons (Fsp3) is 0.364. The summed E-state index contributed by atoms with van der Waals surface area (Å²) in [6.07, 6.45) is 1.70. The smallest absolute Gasteiger partial charge is 0.265 e. The molecule has 1 aliphatic rings. The highest BCUT2D eigenvalue weighted by Gasteiger charge is 2.45. The number of aliphatic hydroxyl groups is 2. The lowest BCUT2D eigenvalue weighted by Crippen LogP contribution is -2.50. The van der Waals surface area contributed by atoms with Crippen LogP contribution in [-0.4, -0.2) is 52.1 Å². The summed E-state index contributed by atoms with van der Waals surface area (Å²) in [5, 5.41) is 27.5. The van der Waals surface area contributed by atoms with Crippen molar-refractivity contribution >= 4 is 34.1 Å². The van der Waals surface area contributed by atoms with Gasteiger partial charge in [-0.05, 0) is 38.8 Å². The first-order valence-electron chi connectivity index (χ1n) is 10.9. The monoisotopic (exact) mass is 498 g/mol. The summed E-state index contributed by atoms with van der Waals surface area (Å²) in [6, 6.07) is 4.14. The van der Waals surface area contributed by atoms with Crippen molar-refractivity contribution in [3.8, 4) is 11.5 Å². The van der Waals surface area contributed by atoms with Crippen LogP contribution in [0.2, 0.25) is 5.02 Å². The molecule has 0 radical (unpaired) electrons. The van der Waals surface area contributed by atoms with Crippen LogP contribution in [0.3, 0.4) is 0 Å². The summed E-state index contributed by atoms with van der Waals surface area (Å²) in [4.78, 5) is 30.9.